The predicted octanol–water partition coefficient (Wildman–Crippen LogP) is 3.89. The molecule has 2 heterocycles. The lowest BCUT2D eigenvalue weighted by molar-refractivity contribution is 0.394. The zero-order valence-electron chi connectivity index (χ0n) is 11.6. The molecule has 3 aromatic rings. The van der Waals surface area contributed by atoms with Crippen LogP contribution in [0.2, 0.25) is 0 Å². The second-order valence-electron chi connectivity index (χ2n) is 4.71. The van der Waals surface area contributed by atoms with Gasteiger partial charge in [0, 0.05) is 5.39 Å². The summed E-state index contributed by atoms with van der Waals surface area (Å²) in [7, 11) is 1.65. The number of furan rings is 2. The van der Waals surface area contributed by atoms with Gasteiger partial charge in [-0.25, -0.2) is 0 Å². The number of ether oxygens (including phenoxy) is 1. The Kier molecular flexibility index (Phi) is 3.48. The van der Waals surface area contributed by atoms with E-state index in [1.165, 1.54) is 0 Å². The Labute approximate surface area is 117 Å². The van der Waals surface area contributed by atoms with Gasteiger partial charge < -0.3 is 18.9 Å². The first-order valence-corrected chi connectivity index (χ1v) is 6.60. The maximum atomic E-state index is 5.90. The molecule has 0 aliphatic heterocycles. The van der Waals surface area contributed by atoms with Gasteiger partial charge in [0.15, 0.2) is 11.3 Å². The molecule has 0 radical (unpaired) electrons. The molecule has 0 saturated heterocycles. The molecule has 0 aliphatic carbocycles. The smallest absolute Gasteiger partial charge is 0.176 e. The van der Waals surface area contributed by atoms with Gasteiger partial charge in [-0.15, -0.1) is 0 Å². The zero-order valence-corrected chi connectivity index (χ0v) is 11.6. The minimum absolute atomic E-state index is 0.0946. The van der Waals surface area contributed by atoms with E-state index in [0.717, 1.165) is 28.2 Å². The van der Waals surface area contributed by atoms with Crippen LogP contribution in [0.3, 0.4) is 0 Å². The van der Waals surface area contributed by atoms with E-state index in [0.29, 0.717) is 6.54 Å². The molecule has 1 atom stereocenters. The monoisotopic (exact) mass is 271 g/mol. The van der Waals surface area contributed by atoms with Crippen LogP contribution in [0.15, 0.2) is 51.5 Å². The van der Waals surface area contributed by atoms with Crippen molar-refractivity contribution in [2.75, 3.05) is 7.11 Å². The molecular formula is C16H17NO3. The van der Waals surface area contributed by atoms with Crippen molar-refractivity contribution in [1.82, 2.24) is 5.32 Å². The standard InChI is InChI=1S/C16H17NO3/c1-11(17-10-13-6-4-8-19-13)15-9-12-5-3-7-14(18-2)16(12)20-15/h3-9,11,17H,10H2,1-2H3/t11-/m0/s1. The topological polar surface area (TPSA) is 47.5 Å². The number of hydrogen-bond donors (Lipinski definition) is 1. The van der Waals surface area contributed by atoms with Crippen LogP contribution in [0.5, 0.6) is 5.75 Å². The van der Waals surface area contributed by atoms with E-state index in [4.69, 9.17) is 13.6 Å². The van der Waals surface area contributed by atoms with Gasteiger partial charge in [-0.1, -0.05) is 12.1 Å². The van der Waals surface area contributed by atoms with Crippen molar-refractivity contribution < 1.29 is 13.6 Å². The molecule has 0 bridgehead atoms. The van der Waals surface area contributed by atoms with Gasteiger partial charge >= 0.3 is 0 Å². The number of para-hydroxylation sites is 1. The summed E-state index contributed by atoms with van der Waals surface area (Å²) in [5.41, 5.74) is 0.789. The minimum atomic E-state index is 0.0946. The summed E-state index contributed by atoms with van der Waals surface area (Å²) in [5.74, 6) is 2.55. The number of methoxy groups -OCH3 is 1. The van der Waals surface area contributed by atoms with Crippen LogP contribution in [0.4, 0.5) is 0 Å². The molecule has 2 aromatic heterocycles. The molecule has 1 N–H and O–H groups in total. The molecule has 0 fully saturated rings. The Morgan fingerprint density at radius 2 is 2.15 bits per heavy atom. The molecule has 20 heavy (non-hydrogen) atoms. The van der Waals surface area contributed by atoms with Gasteiger partial charge in [-0.2, -0.15) is 0 Å². The van der Waals surface area contributed by atoms with Crippen LogP contribution < -0.4 is 10.1 Å². The van der Waals surface area contributed by atoms with Gasteiger partial charge in [-0.3, -0.25) is 0 Å². The highest BCUT2D eigenvalue weighted by atomic mass is 16.5. The van der Waals surface area contributed by atoms with Gasteiger partial charge in [0.25, 0.3) is 0 Å². The largest absolute Gasteiger partial charge is 0.493 e. The van der Waals surface area contributed by atoms with E-state index in [1.807, 2.05) is 36.4 Å². The van der Waals surface area contributed by atoms with Gasteiger partial charge in [-0.05, 0) is 31.2 Å². The first-order valence-electron chi connectivity index (χ1n) is 6.60. The Morgan fingerprint density at radius 3 is 2.90 bits per heavy atom. The van der Waals surface area contributed by atoms with Crippen molar-refractivity contribution in [3.05, 3.63) is 54.2 Å². The fraction of sp³-hybridized carbons (Fsp3) is 0.250. The van der Waals surface area contributed by atoms with E-state index in [2.05, 4.69) is 12.2 Å². The fourth-order valence-corrected chi connectivity index (χ4v) is 2.20. The van der Waals surface area contributed by atoms with Crippen molar-refractivity contribution in [2.45, 2.75) is 19.5 Å². The zero-order chi connectivity index (χ0) is 13.9. The van der Waals surface area contributed by atoms with Gasteiger partial charge in [0.1, 0.15) is 11.5 Å². The normalized spacial score (nSPS) is 12.7. The second kappa shape index (κ2) is 5.43. The summed E-state index contributed by atoms with van der Waals surface area (Å²) in [6, 6.07) is 11.8. The lowest BCUT2D eigenvalue weighted by atomic mass is 10.2. The fourth-order valence-electron chi connectivity index (χ4n) is 2.20. The van der Waals surface area contributed by atoms with Crippen LogP contribution in [0, 0.1) is 0 Å². The summed E-state index contributed by atoms with van der Waals surface area (Å²) >= 11 is 0. The van der Waals surface area contributed by atoms with Crippen molar-refractivity contribution in [3.63, 3.8) is 0 Å². The van der Waals surface area contributed by atoms with Crippen molar-refractivity contribution in [3.8, 4) is 5.75 Å². The average molecular weight is 271 g/mol. The summed E-state index contributed by atoms with van der Waals surface area (Å²) in [6.45, 7) is 2.73. The number of rotatable bonds is 5. The average Bonchev–Trinajstić information content (AvgIpc) is 3.12. The maximum absolute atomic E-state index is 5.90. The third kappa shape index (κ3) is 2.42. The summed E-state index contributed by atoms with van der Waals surface area (Å²) < 4.78 is 16.5. The molecule has 0 amide bonds. The molecule has 4 nitrogen and oxygen atoms in total. The molecule has 104 valence electrons. The Balaban J connectivity index is 1.79. The first-order chi connectivity index (χ1) is 9.78. The molecule has 4 heteroatoms. The quantitative estimate of drug-likeness (QED) is 0.765. The lowest BCUT2D eigenvalue weighted by Gasteiger charge is -2.09. The molecule has 0 saturated carbocycles. The van der Waals surface area contributed by atoms with E-state index in [9.17, 15) is 0 Å². The molecular weight excluding hydrogens is 254 g/mol. The Morgan fingerprint density at radius 1 is 1.25 bits per heavy atom. The van der Waals surface area contributed by atoms with Crippen LogP contribution >= 0.6 is 0 Å². The second-order valence-corrected chi connectivity index (χ2v) is 4.71. The number of benzene rings is 1. The van der Waals surface area contributed by atoms with Crippen molar-refractivity contribution in [2.24, 2.45) is 0 Å². The van der Waals surface area contributed by atoms with E-state index < -0.39 is 0 Å². The van der Waals surface area contributed by atoms with E-state index in [-0.39, 0.29) is 6.04 Å². The van der Waals surface area contributed by atoms with Crippen molar-refractivity contribution in [1.29, 1.82) is 0 Å². The molecule has 3 rings (SSSR count). The number of nitrogens with one attached hydrogen (secondary N) is 1. The van der Waals surface area contributed by atoms with Crippen LogP contribution in [-0.2, 0) is 6.54 Å². The van der Waals surface area contributed by atoms with Crippen molar-refractivity contribution >= 4 is 11.0 Å². The SMILES string of the molecule is COc1cccc2cc([C@H](C)NCc3ccco3)oc12. The van der Waals surface area contributed by atoms with Crippen LogP contribution in [0.25, 0.3) is 11.0 Å². The highest BCUT2D eigenvalue weighted by Crippen LogP contribution is 2.30. The van der Waals surface area contributed by atoms with Gasteiger partial charge in [0.05, 0.1) is 26.0 Å². The predicted molar refractivity (Wildman–Crippen MR) is 76.7 cm³/mol. The third-order valence-electron chi connectivity index (χ3n) is 3.34. The summed E-state index contributed by atoms with van der Waals surface area (Å²) in [4.78, 5) is 0. The highest BCUT2D eigenvalue weighted by Gasteiger charge is 2.14. The maximum Gasteiger partial charge on any atom is 0.176 e. The molecule has 0 spiro atoms. The Bertz CT molecular complexity index is 685. The molecule has 1 aromatic carbocycles. The van der Waals surface area contributed by atoms with E-state index in [1.54, 1.807) is 13.4 Å². The Hall–Kier alpha value is -2.20. The summed E-state index contributed by atoms with van der Waals surface area (Å²) in [5, 5.41) is 4.42. The third-order valence-corrected chi connectivity index (χ3v) is 3.34. The minimum Gasteiger partial charge on any atom is -0.493 e. The number of hydrogen-bond acceptors (Lipinski definition) is 4. The highest BCUT2D eigenvalue weighted by molar-refractivity contribution is 5.83. The van der Waals surface area contributed by atoms with Crippen LogP contribution in [-0.4, -0.2) is 7.11 Å². The van der Waals surface area contributed by atoms with E-state index >= 15 is 0 Å². The summed E-state index contributed by atoms with van der Waals surface area (Å²) in [6.07, 6.45) is 1.67. The molecule has 0 unspecified atom stereocenters. The lowest BCUT2D eigenvalue weighted by Crippen LogP contribution is -2.17. The first kappa shape index (κ1) is 12.8. The van der Waals surface area contributed by atoms with Crippen LogP contribution in [0.1, 0.15) is 24.5 Å². The van der Waals surface area contributed by atoms with Gasteiger partial charge in [0.2, 0.25) is 0 Å². The molecule has 0 aliphatic rings. The number of fused-ring (bicyclic) bond motifs is 1.